The van der Waals surface area contributed by atoms with Crippen LogP contribution in [0.25, 0.3) is 0 Å². The first-order valence-corrected chi connectivity index (χ1v) is 6.05. The standard InChI is InChI=1S/C13H22O2/c1-2-4-11-7-9-12(10-8-11)5-3-6-13(14)15/h2,11-12H,1,3-10H2,(H,14,15)/t11-,12-. The van der Waals surface area contributed by atoms with Gasteiger partial charge in [-0.05, 0) is 43.9 Å². The van der Waals surface area contributed by atoms with E-state index < -0.39 is 5.97 Å². The maximum absolute atomic E-state index is 10.4. The number of carboxylic acids is 1. The minimum Gasteiger partial charge on any atom is -0.481 e. The van der Waals surface area contributed by atoms with Gasteiger partial charge >= 0.3 is 5.97 Å². The third-order valence-corrected chi connectivity index (χ3v) is 3.47. The molecule has 1 aliphatic rings. The average Bonchev–Trinajstić information content (AvgIpc) is 2.20. The highest BCUT2D eigenvalue weighted by Gasteiger charge is 2.19. The highest BCUT2D eigenvalue weighted by Crippen LogP contribution is 2.33. The van der Waals surface area contributed by atoms with Crippen molar-refractivity contribution in [2.24, 2.45) is 11.8 Å². The third kappa shape index (κ3) is 5.01. The summed E-state index contributed by atoms with van der Waals surface area (Å²) in [6, 6.07) is 0. The molecule has 0 radical (unpaired) electrons. The van der Waals surface area contributed by atoms with Gasteiger partial charge in [0.25, 0.3) is 0 Å². The van der Waals surface area contributed by atoms with Gasteiger partial charge in [0.05, 0.1) is 0 Å². The Bertz CT molecular complexity index is 203. The molecule has 1 rings (SSSR count). The van der Waals surface area contributed by atoms with Gasteiger partial charge in [0, 0.05) is 6.42 Å². The highest BCUT2D eigenvalue weighted by atomic mass is 16.4. The number of aliphatic carboxylic acids is 1. The van der Waals surface area contributed by atoms with Gasteiger partial charge in [0.1, 0.15) is 0 Å². The predicted octanol–water partition coefficient (Wildman–Crippen LogP) is 3.62. The molecule has 0 aromatic heterocycles. The SMILES string of the molecule is C=CC[C@H]1CC[C@H](CCCC(=O)O)CC1. The third-order valence-electron chi connectivity index (χ3n) is 3.47. The van der Waals surface area contributed by atoms with Gasteiger partial charge in [-0.3, -0.25) is 4.79 Å². The molecule has 1 aliphatic carbocycles. The second-order valence-corrected chi connectivity index (χ2v) is 4.70. The summed E-state index contributed by atoms with van der Waals surface area (Å²) in [6.07, 6.45) is 10.7. The molecule has 0 spiro atoms. The maximum atomic E-state index is 10.4. The molecule has 0 bridgehead atoms. The van der Waals surface area contributed by atoms with E-state index in [2.05, 4.69) is 6.58 Å². The molecule has 0 amide bonds. The van der Waals surface area contributed by atoms with Crippen molar-refractivity contribution in [2.45, 2.75) is 51.4 Å². The van der Waals surface area contributed by atoms with E-state index in [1.54, 1.807) is 0 Å². The smallest absolute Gasteiger partial charge is 0.303 e. The van der Waals surface area contributed by atoms with Crippen molar-refractivity contribution in [3.05, 3.63) is 12.7 Å². The second kappa shape index (κ2) is 6.65. The molecular weight excluding hydrogens is 188 g/mol. The fourth-order valence-corrected chi connectivity index (χ4v) is 2.53. The van der Waals surface area contributed by atoms with Gasteiger partial charge in [0.15, 0.2) is 0 Å². The molecule has 2 nitrogen and oxygen atoms in total. The van der Waals surface area contributed by atoms with Crippen LogP contribution in [0.3, 0.4) is 0 Å². The van der Waals surface area contributed by atoms with Crippen molar-refractivity contribution in [1.82, 2.24) is 0 Å². The Labute approximate surface area is 92.4 Å². The van der Waals surface area contributed by atoms with Crippen LogP contribution in [0.1, 0.15) is 51.4 Å². The van der Waals surface area contributed by atoms with Gasteiger partial charge < -0.3 is 5.11 Å². The average molecular weight is 210 g/mol. The zero-order valence-electron chi connectivity index (χ0n) is 9.45. The Morgan fingerprint density at radius 2 is 1.87 bits per heavy atom. The Morgan fingerprint density at radius 3 is 2.40 bits per heavy atom. The Hall–Kier alpha value is -0.790. The number of rotatable bonds is 6. The van der Waals surface area contributed by atoms with Crippen molar-refractivity contribution >= 4 is 5.97 Å². The molecule has 0 saturated heterocycles. The molecule has 86 valence electrons. The summed E-state index contributed by atoms with van der Waals surface area (Å²) < 4.78 is 0. The summed E-state index contributed by atoms with van der Waals surface area (Å²) in [5.41, 5.74) is 0. The summed E-state index contributed by atoms with van der Waals surface area (Å²) in [5.74, 6) is 0.971. The van der Waals surface area contributed by atoms with E-state index in [1.807, 2.05) is 6.08 Å². The zero-order chi connectivity index (χ0) is 11.1. The Morgan fingerprint density at radius 1 is 1.27 bits per heavy atom. The highest BCUT2D eigenvalue weighted by molar-refractivity contribution is 5.66. The van der Waals surface area contributed by atoms with E-state index >= 15 is 0 Å². The Balaban J connectivity index is 2.09. The molecule has 0 aliphatic heterocycles. The number of hydrogen-bond acceptors (Lipinski definition) is 1. The topological polar surface area (TPSA) is 37.3 Å². The summed E-state index contributed by atoms with van der Waals surface area (Å²) in [5, 5.41) is 8.54. The lowest BCUT2D eigenvalue weighted by Gasteiger charge is -2.27. The number of carbonyl (C=O) groups is 1. The summed E-state index contributed by atoms with van der Waals surface area (Å²) in [4.78, 5) is 10.4. The van der Waals surface area contributed by atoms with Gasteiger partial charge in [0.2, 0.25) is 0 Å². The summed E-state index contributed by atoms with van der Waals surface area (Å²) in [6.45, 7) is 3.78. The summed E-state index contributed by atoms with van der Waals surface area (Å²) >= 11 is 0. The number of allylic oxidation sites excluding steroid dienone is 1. The quantitative estimate of drug-likeness (QED) is 0.680. The molecule has 1 N–H and O–H groups in total. The first kappa shape index (κ1) is 12.3. The van der Waals surface area contributed by atoms with E-state index in [4.69, 9.17) is 5.11 Å². The first-order valence-electron chi connectivity index (χ1n) is 6.05. The minimum absolute atomic E-state index is 0.340. The minimum atomic E-state index is -0.657. The fraction of sp³-hybridized carbons (Fsp3) is 0.769. The summed E-state index contributed by atoms with van der Waals surface area (Å²) in [7, 11) is 0. The predicted molar refractivity (Wildman–Crippen MR) is 61.7 cm³/mol. The van der Waals surface area contributed by atoms with Crippen molar-refractivity contribution < 1.29 is 9.90 Å². The van der Waals surface area contributed by atoms with Crippen LogP contribution in [-0.2, 0) is 4.79 Å². The molecule has 0 aromatic carbocycles. The van der Waals surface area contributed by atoms with Crippen molar-refractivity contribution in [1.29, 1.82) is 0 Å². The molecule has 1 saturated carbocycles. The fourth-order valence-electron chi connectivity index (χ4n) is 2.53. The van der Waals surface area contributed by atoms with E-state index in [0.717, 1.165) is 31.1 Å². The molecule has 0 heterocycles. The monoisotopic (exact) mass is 210 g/mol. The molecule has 0 unspecified atom stereocenters. The molecular formula is C13H22O2. The molecule has 2 heteroatoms. The number of carboxylic acid groups (broad SMARTS) is 1. The van der Waals surface area contributed by atoms with Crippen LogP contribution in [0.2, 0.25) is 0 Å². The van der Waals surface area contributed by atoms with Crippen LogP contribution in [0.15, 0.2) is 12.7 Å². The molecule has 15 heavy (non-hydrogen) atoms. The number of hydrogen-bond donors (Lipinski definition) is 1. The van der Waals surface area contributed by atoms with E-state index in [1.165, 1.54) is 25.7 Å². The van der Waals surface area contributed by atoms with E-state index in [-0.39, 0.29) is 0 Å². The lowest BCUT2D eigenvalue weighted by atomic mass is 9.78. The largest absolute Gasteiger partial charge is 0.481 e. The van der Waals surface area contributed by atoms with Crippen LogP contribution in [0.4, 0.5) is 0 Å². The molecule has 0 aromatic rings. The van der Waals surface area contributed by atoms with E-state index in [0.29, 0.717) is 6.42 Å². The zero-order valence-corrected chi connectivity index (χ0v) is 9.45. The van der Waals surface area contributed by atoms with Crippen LogP contribution >= 0.6 is 0 Å². The maximum Gasteiger partial charge on any atom is 0.303 e. The van der Waals surface area contributed by atoms with Crippen LogP contribution in [0.5, 0.6) is 0 Å². The van der Waals surface area contributed by atoms with Gasteiger partial charge in [-0.2, -0.15) is 0 Å². The first-order chi connectivity index (χ1) is 7.22. The van der Waals surface area contributed by atoms with Crippen molar-refractivity contribution in [3.8, 4) is 0 Å². The Kier molecular flexibility index (Phi) is 5.44. The van der Waals surface area contributed by atoms with Crippen molar-refractivity contribution in [2.75, 3.05) is 0 Å². The van der Waals surface area contributed by atoms with E-state index in [9.17, 15) is 4.79 Å². The van der Waals surface area contributed by atoms with Gasteiger partial charge in [-0.25, -0.2) is 0 Å². The van der Waals surface area contributed by atoms with Gasteiger partial charge in [-0.1, -0.05) is 18.9 Å². The van der Waals surface area contributed by atoms with Gasteiger partial charge in [-0.15, -0.1) is 6.58 Å². The van der Waals surface area contributed by atoms with Crippen LogP contribution in [0, 0.1) is 11.8 Å². The van der Waals surface area contributed by atoms with Crippen LogP contribution in [-0.4, -0.2) is 11.1 Å². The molecule has 1 fully saturated rings. The lowest BCUT2D eigenvalue weighted by molar-refractivity contribution is -0.137. The normalized spacial score (nSPS) is 26.1. The van der Waals surface area contributed by atoms with Crippen LogP contribution < -0.4 is 0 Å². The second-order valence-electron chi connectivity index (χ2n) is 4.70. The molecule has 0 atom stereocenters. The van der Waals surface area contributed by atoms with Crippen molar-refractivity contribution in [3.63, 3.8) is 0 Å². The lowest BCUT2D eigenvalue weighted by Crippen LogP contribution is -2.14.